The molecule has 5 heteroatoms. The molecule has 2 aromatic rings. The molecule has 0 aliphatic carbocycles. The Morgan fingerprint density at radius 3 is 2.58 bits per heavy atom. The smallest absolute Gasteiger partial charge is 0.262 e. The fourth-order valence-electron chi connectivity index (χ4n) is 3.11. The van der Waals surface area contributed by atoms with Crippen molar-refractivity contribution in [1.82, 2.24) is 10.2 Å². The number of nitrogens with zero attached hydrogens (tertiary/aromatic N) is 1. The van der Waals surface area contributed by atoms with Crippen LogP contribution in [0.4, 0.5) is 0 Å². The molecule has 2 heterocycles. The summed E-state index contributed by atoms with van der Waals surface area (Å²) in [5.41, 5.74) is 2.49. The van der Waals surface area contributed by atoms with Gasteiger partial charge in [-0.05, 0) is 64.4 Å². The van der Waals surface area contributed by atoms with Crippen LogP contribution in [0.25, 0.3) is 0 Å². The molecule has 1 aromatic heterocycles. The predicted octanol–water partition coefficient (Wildman–Crippen LogP) is 4.82. The summed E-state index contributed by atoms with van der Waals surface area (Å²) in [5.74, 6) is -0.0187. The van der Waals surface area contributed by atoms with Gasteiger partial charge in [-0.25, -0.2) is 0 Å². The third kappa shape index (κ3) is 4.91. The van der Waals surface area contributed by atoms with Crippen molar-refractivity contribution in [3.63, 3.8) is 0 Å². The lowest BCUT2D eigenvalue weighted by molar-refractivity contribution is 0.0954. The second-order valence-electron chi connectivity index (χ2n) is 6.29. The lowest BCUT2D eigenvalue weighted by Gasteiger charge is -2.20. The Morgan fingerprint density at radius 2 is 1.88 bits per heavy atom. The summed E-state index contributed by atoms with van der Waals surface area (Å²) >= 11 is 4.87. The van der Waals surface area contributed by atoms with Crippen molar-refractivity contribution in [2.24, 2.45) is 0 Å². The molecule has 1 fully saturated rings. The highest BCUT2D eigenvalue weighted by molar-refractivity contribution is 9.10. The van der Waals surface area contributed by atoms with E-state index in [0.29, 0.717) is 6.54 Å². The molecule has 0 bridgehead atoms. The standard InChI is InChI=1S/C19H23BrN2OS/c20-17-8-11-24-18(17)19(23)21-13-15-6-5-7-16(12-15)14-22-9-3-1-2-4-10-22/h5-8,11-12H,1-4,9-10,13-14H2,(H,21,23). The summed E-state index contributed by atoms with van der Waals surface area (Å²) < 4.78 is 0.861. The zero-order valence-corrected chi connectivity index (χ0v) is 16.2. The summed E-state index contributed by atoms with van der Waals surface area (Å²) in [6, 6.07) is 10.5. The van der Waals surface area contributed by atoms with Crippen molar-refractivity contribution in [2.45, 2.75) is 38.8 Å². The molecule has 3 rings (SSSR count). The highest BCUT2D eigenvalue weighted by Crippen LogP contribution is 2.22. The Labute approximate surface area is 156 Å². The fourth-order valence-corrected chi connectivity index (χ4v) is 4.58. The minimum Gasteiger partial charge on any atom is -0.347 e. The van der Waals surface area contributed by atoms with Crippen molar-refractivity contribution in [3.8, 4) is 0 Å². The molecular weight excluding hydrogens is 384 g/mol. The summed E-state index contributed by atoms with van der Waals surface area (Å²) in [6.45, 7) is 3.98. The number of rotatable bonds is 5. The van der Waals surface area contributed by atoms with E-state index in [1.54, 1.807) is 0 Å². The van der Waals surface area contributed by atoms with E-state index < -0.39 is 0 Å². The average molecular weight is 407 g/mol. The topological polar surface area (TPSA) is 32.3 Å². The van der Waals surface area contributed by atoms with Crippen molar-refractivity contribution in [1.29, 1.82) is 0 Å². The molecule has 3 nitrogen and oxygen atoms in total. The third-order valence-electron chi connectivity index (χ3n) is 4.37. The Morgan fingerprint density at radius 1 is 1.12 bits per heavy atom. The van der Waals surface area contributed by atoms with Crippen molar-refractivity contribution in [3.05, 3.63) is 56.2 Å². The summed E-state index contributed by atoms with van der Waals surface area (Å²) in [5, 5.41) is 4.93. The van der Waals surface area contributed by atoms with Gasteiger partial charge in [-0.2, -0.15) is 0 Å². The molecule has 128 valence electrons. The molecule has 0 atom stereocenters. The van der Waals surface area contributed by atoms with Crippen LogP contribution in [0, 0.1) is 0 Å². The number of halogens is 1. The zero-order valence-electron chi connectivity index (χ0n) is 13.8. The Bertz CT molecular complexity index is 678. The lowest BCUT2D eigenvalue weighted by Crippen LogP contribution is -2.24. The van der Waals surface area contributed by atoms with Gasteiger partial charge in [-0.3, -0.25) is 9.69 Å². The van der Waals surface area contributed by atoms with E-state index >= 15 is 0 Å². The number of carbonyl (C=O) groups is 1. The minimum atomic E-state index is -0.0187. The zero-order chi connectivity index (χ0) is 16.8. The molecule has 0 spiro atoms. The van der Waals surface area contributed by atoms with Crippen LogP contribution in [0.15, 0.2) is 40.2 Å². The van der Waals surface area contributed by atoms with Crippen LogP contribution < -0.4 is 5.32 Å². The van der Waals surface area contributed by atoms with Gasteiger partial charge in [0.15, 0.2) is 0 Å². The lowest BCUT2D eigenvalue weighted by atomic mass is 10.1. The number of thiophene rings is 1. The maximum Gasteiger partial charge on any atom is 0.262 e. The number of hydrogen-bond donors (Lipinski definition) is 1. The van der Waals surface area contributed by atoms with E-state index in [0.717, 1.165) is 21.5 Å². The highest BCUT2D eigenvalue weighted by atomic mass is 79.9. The molecule has 1 aliphatic heterocycles. The highest BCUT2D eigenvalue weighted by Gasteiger charge is 2.12. The van der Waals surface area contributed by atoms with Gasteiger partial charge in [-0.15, -0.1) is 11.3 Å². The molecule has 0 unspecified atom stereocenters. The quantitative estimate of drug-likeness (QED) is 0.771. The van der Waals surface area contributed by atoms with Gasteiger partial charge in [0, 0.05) is 17.6 Å². The number of likely N-dealkylation sites (tertiary alicyclic amines) is 1. The van der Waals surface area contributed by atoms with E-state index in [-0.39, 0.29) is 5.91 Å². The molecule has 1 amide bonds. The van der Waals surface area contributed by atoms with Crippen molar-refractivity contribution >= 4 is 33.2 Å². The fraction of sp³-hybridized carbons (Fsp3) is 0.421. The van der Waals surface area contributed by atoms with Gasteiger partial charge >= 0.3 is 0 Å². The summed E-state index contributed by atoms with van der Waals surface area (Å²) in [6.07, 6.45) is 5.35. The Kier molecular flexibility index (Phi) is 6.46. The Balaban J connectivity index is 1.56. The van der Waals surface area contributed by atoms with Gasteiger partial charge in [-0.1, -0.05) is 37.1 Å². The number of carbonyl (C=O) groups excluding carboxylic acids is 1. The monoisotopic (exact) mass is 406 g/mol. The molecule has 1 aliphatic rings. The predicted molar refractivity (Wildman–Crippen MR) is 103 cm³/mol. The second kappa shape index (κ2) is 8.79. The van der Waals surface area contributed by atoms with Gasteiger partial charge in [0.2, 0.25) is 0 Å². The molecule has 0 saturated carbocycles. The molecular formula is C19H23BrN2OS. The van der Waals surface area contributed by atoms with Crippen LogP contribution >= 0.6 is 27.3 Å². The second-order valence-corrected chi connectivity index (χ2v) is 8.06. The van der Waals surface area contributed by atoms with E-state index in [9.17, 15) is 4.79 Å². The maximum atomic E-state index is 12.2. The molecule has 1 saturated heterocycles. The van der Waals surface area contributed by atoms with Crippen LogP contribution in [0.2, 0.25) is 0 Å². The van der Waals surface area contributed by atoms with E-state index in [1.165, 1.54) is 55.7 Å². The first-order valence-electron chi connectivity index (χ1n) is 8.54. The number of nitrogens with one attached hydrogen (secondary N) is 1. The SMILES string of the molecule is O=C(NCc1cccc(CN2CCCCCC2)c1)c1sccc1Br. The van der Waals surface area contributed by atoms with E-state index in [1.807, 2.05) is 11.4 Å². The number of benzene rings is 1. The van der Waals surface area contributed by atoms with Gasteiger partial charge in [0.25, 0.3) is 5.91 Å². The first-order chi connectivity index (χ1) is 11.7. The number of amides is 1. The van der Waals surface area contributed by atoms with Gasteiger partial charge < -0.3 is 5.32 Å². The first kappa shape index (κ1) is 17.6. The van der Waals surface area contributed by atoms with E-state index in [2.05, 4.69) is 50.4 Å². The summed E-state index contributed by atoms with van der Waals surface area (Å²) in [7, 11) is 0. The van der Waals surface area contributed by atoms with Gasteiger partial charge in [0.1, 0.15) is 4.88 Å². The van der Waals surface area contributed by atoms with Crippen molar-refractivity contribution < 1.29 is 4.79 Å². The van der Waals surface area contributed by atoms with E-state index in [4.69, 9.17) is 0 Å². The van der Waals surface area contributed by atoms with Crippen molar-refractivity contribution in [2.75, 3.05) is 13.1 Å². The maximum absolute atomic E-state index is 12.2. The minimum absolute atomic E-state index is 0.0187. The molecule has 0 radical (unpaired) electrons. The molecule has 1 aromatic carbocycles. The van der Waals surface area contributed by atoms with Crippen LogP contribution in [-0.2, 0) is 13.1 Å². The Hall–Kier alpha value is -1.17. The first-order valence-corrected chi connectivity index (χ1v) is 10.2. The molecule has 1 N–H and O–H groups in total. The van der Waals surface area contributed by atoms with Crippen LogP contribution in [0.3, 0.4) is 0 Å². The average Bonchev–Trinajstić information content (AvgIpc) is 2.85. The van der Waals surface area contributed by atoms with Crippen LogP contribution in [0.1, 0.15) is 46.5 Å². The van der Waals surface area contributed by atoms with Gasteiger partial charge in [0.05, 0.1) is 0 Å². The molecule has 24 heavy (non-hydrogen) atoms. The third-order valence-corrected chi connectivity index (χ3v) is 6.21. The number of hydrogen-bond acceptors (Lipinski definition) is 3. The summed E-state index contributed by atoms with van der Waals surface area (Å²) in [4.78, 5) is 15.5. The largest absolute Gasteiger partial charge is 0.347 e. The van der Waals surface area contributed by atoms with Crippen LogP contribution in [-0.4, -0.2) is 23.9 Å². The normalized spacial score (nSPS) is 15.9. The van der Waals surface area contributed by atoms with Crippen LogP contribution in [0.5, 0.6) is 0 Å².